The summed E-state index contributed by atoms with van der Waals surface area (Å²) in [6, 6.07) is 6.66. The lowest BCUT2D eigenvalue weighted by Gasteiger charge is -2.18. The van der Waals surface area contributed by atoms with Gasteiger partial charge in [-0.2, -0.15) is 0 Å². The van der Waals surface area contributed by atoms with Crippen molar-refractivity contribution in [1.29, 1.82) is 0 Å². The number of carboxylic acids is 1. The van der Waals surface area contributed by atoms with E-state index in [1.54, 1.807) is 24.3 Å². The van der Waals surface area contributed by atoms with Crippen molar-refractivity contribution >= 4 is 5.97 Å². The third-order valence-electron chi connectivity index (χ3n) is 2.36. The van der Waals surface area contributed by atoms with E-state index in [2.05, 4.69) is 0 Å². The Balaban J connectivity index is 2.57. The van der Waals surface area contributed by atoms with Crippen LogP contribution in [0.5, 0.6) is 5.75 Å². The molecule has 4 heteroatoms. The highest BCUT2D eigenvalue weighted by molar-refractivity contribution is 5.77. The molecule has 0 radical (unpaired) electrons. The fourth-order valence-corrected chi connectivity index (χ4v) is 1.17. The number of benzene rings is 1. The lowest BCUT2D eigenvalue weighted by molar-refractivity contribution is -0.142. The molecule has 0 saturated heterocycles. The smallest absolute Gasteiger partial charge is 0.323 e. The predicted octanol–water partition coefficient (Wildman–Crippen LogP) is 1.13. The van der Waals surface area contributed by atoms with Crippen LogP contribution < -0.4 is 5.73 Å². The normalized spacial score (nSPS) is 14.5. The number of aryl methyl sites for hydroxylation is 1. The van der Waals surface area contributed by atoms with E-state index >= 15 is 0 Å². The molecule has 0 spiro atoms. The number of carboxylic acid groups (broad SMARTS) is 1. The highest BCUT2D eigenvalue weighted by Crippen LogP contribution is 2.15. The second kappa shape index (κ2) is 4.31. The number of phenols is 1. The molecule has 1 atom stereocenters. The summed E-state index contributed by atoms with van der Waals surface area (Å²) < 4.78 is 0. The van der Waals surface area contributed by atoms with Crippen LogP contribution in [0.25, 0.3) is 0 Å². The summed E-state index contributed by atoms with van der Waals surface area (Å²) in [6.45, 7) is 1.50. The molecule has 1 aromatic carbocycles. The van der Waals surface area contributed by atoms with Gasteiger partial charge in [0.1, 0.15) is 11.3 Å². The van der Waals surface area contributed by atoms with E-state index in [0.717, 1.165) is 5.56 Å². The number of hydrogen-bond acceptors (Lipinski definition) is 3. The van der Waals surface area contributed by atoms with Crippen LogP contribution in [0.3, 0.4) is 0 Å². The Kier molecular flexibility index (Phi) is 3.31. The standard InChI is InChI=1S/C11H15NO3/c1-11(12,10(14)15)7-6-8-2-4-9(13)5-3-8/h2-5,13H,6-7,12H2,1H3,(H,14,15)/t11-/m1/s1. The molecule has 1 aromatic rings. The molecule has 0 saturated carbocycles. The summed E-state index contributed by atoms with van der Waals surface area (Å²) in [7, 11) is 0. The summed E-state index contributed by atoms with van der Waals surface area (Å²) >= 11 is 0. The molecule has 0 aliphatic heterocycles. The summed E-state index contributed by atoms with van der Waals surface area (Å²) in [5.74, 6) is -0.797. The maximum atomic E-state index is 10.7. The van der Waals surface area contributed by atoms with Gasteiger partial charge in [0.05, 0.1) is 0 Å². The molecule has 0 unspecified atom stereocenters. The average Bonchev–Trinajstić information content (AvgIpc) is 2.17. The van der Waals surface area contributed by atoms with E-state index < -0.39 is 11.5 Å². The molecule has 1 rings (SSSR count). The summed E-state index contributed by atoms with van der Waals surface area (Å²) in [5.41, 5.74) is 5.36. The van der Waals surface area contributed by atoms with Crippen molar-refractivity contribution in [3.8, 4) is 5.75 Å². The Labute approximate surface area is 88.3 Å². The first-order valence-electron chi connectivity index (χ1n) is 4.72. The zero-order valence-corrected chi connectivity index (χ0v) is 8.60. The molecule has 82 valence electrons. The zero-order valence-electron chi connectivity index (χ0n) is 8.60. The monoisotopic (exact) mass is 209 g/mol. The minimum absolute atomic E-state index is 0.201. The van der Waals surface area contributed by atoms with Gasteiger partial charge in [0.25, 0.3) is 0 Å². The number of phenolic OH excluding ortho intramolecular Hbond substituents is 1. The van der Waals surface area contributed by atoms with Crippen LogP contribution in [0.1, 0.15) is 18.9 Å². The van der Waals surface area contributed by atoms with Crippen molar-refractivity contribution in [2.45, 2.75) is 25.3 Å². The highest BCUT2D eigenvalue weighted by Gasteiger charge is 2.26. The Morgan fingerprint density at radius 3 is 2.40 bits per heavy atom. The van der Waals surface area contributed by atoms with Gasteiger partial charge >= 0.3 is 5.97 Å². The number of rotatable bonds is 4. The minimum Gasteiger partial charge on any atom is -0.508 e. The molecule has 0 bridgehead atoms. The molecule has 0 aliphatic carbocycles. The molecule has 0 aromatic heterocycles. The van der Waals surface area contributed by atoms with Crippen LogP contribution >= 0.6 is 0 Å². The highest BCUT2D eigenvalue weighted by atomic mass is 16.4. The Bertz CT molecular complexity index is 343. The second-order valence-electron chi connectivity index (χ2n) is 3.89. The van der Waals surface area contributed by atoms with Crippen molar-refractivity contribution in [1.82, 2.24) is 0 Å². The molecule has 0 heterocycles. The Morgan fingerprint density at radius 2 is 1.93 bits per heavy atom. The molecule has 0 amide bonds. The first-order valence-corrected chi connectivity index (χ1v) is 4.72. The van der Waals surface area contributed by atoms with Gasteiger partial charge in [-0.25, -0.2) is 0 Å². The second-order valence-corrected chi connectivity index (χ2v) is 3.89. The zero-order chi connectivity index (χ0) is 11.5. The van der Waals surface area contributed by atoms with Gasteiger partial charge in [-0.1, -0.05) is 12.1 Å². The van der Waals surface area contributed by atoms with E-state index in [1.165, 1.54) is 6.92 Å². The van der Waals surface area contributed by atoms with Crippen molar-refractivity contribution in [3.63, 3.8) is 0 Å². The van der Waals surface area contributed by atoms with Gasteiger partial charge in [-0.05, 0) is 37.5 Å². The van der Waals surface area contributed by atoms with E-state index in [4.69, 9.17) is 15.9 Å². The van der Waals surface area contributed by atoms with E-state index in [0.29, 0.717) is 12.8 Å². The van der Waals surface area contributed by atoms with Gasteiger partial charge < -0.3 is 15.9 Å². The fraction of sp³-hybridized carbons (Fsp3) is 0.364. The van der Waals surface area contributed by atoms with Gasteiger partial charge in [0.15, 0.2) is 0 Å². The minimum atomic E-state index is -1.20. The number of carbonyl (C=O) groups is 1. The average molecular weight is 209 g/mol. The predicted molar refractivity (Wildman–Crippen MR) is 56.7 cm³/mol. The maximum absolute atomic E-state index is 10.7. The van der Waals surface area contributed by atoms with Crippen LogP contribution in [0.4, 0.5) is 0 Å². The molecule has 15 heavy (non-hydrogen) atoms. The topological polar surface area (TPSA) is 83.5 Å². The third-order valence-corrected chi connectivity index (χ3v) is 2.36. The van der Waals surface area contributed by atoms with Crippen LogP contribution in [-0.4, -0.2) is 21.7 Å². The third kappa shape index (κ3) is 3.25. The lowest BCUT2D eigenvalue weighted by Crippen LogP contribution is -2.45. The first-order chi connectivity index (χ1) is 6.92. The molecule has 4 N–H and O–H groups in total. The van der Waals surface area contributed by atoms with Gasteiger partial charge in [-0.3, -0.25) is 4.79 Å². The van der Waals surface area contributed by atoms with Crippen molar-refractivity contribution in [3.05, 3.63) is 29.8 Å². The Morgan fingerprint density at radius 1 is 1.40 bits per heavy atom. The van der Waals surface area contributed by atoms with Gasteiger partial charge in [0, 0.05) is 0 Å². The van der Waals surface area contributed by atoms with E-state index in [1.807, 2.05) is 0 Å². The van der Waals surface area contributed by atoms with E-state index in [9.17, 15) is 4.79 Å². The lowest BCUT2D eigenvalue weighted by atomic mass is 9.94. The van der Waals surface area contributed by atoms with Crippen molar-refractivity contribution in [2.24, 2.45) is 5.73 Å². The van der Waals surface area contributed by atoms with Crippen LogP contribution in [-0.2, 0) is 11.2 Å². The summed E-state index contributed by atoms with van der Waals surface area (Å²) in [6.07, 6.45) is 0.951. The number of aromatic hydroxyl groups is 1. The maximum Gasteiger partial charge on any atom is 0.323 e. The summed E-state index contributed by atoms with van der Waals surface area (Å²) in [5, 5.41) is 17.9. The quantitative estimate of drug-likeness (QED) is 0.694. The largest absolute Gasteiger partial charge is 0.508 e. The Hall–Kier alpha value is -1.55. The first kappa shape index (κ1) is 11.5. The van der Waals surface area contributed by atoms with Crippen LogP contribution in [0, 0.1) is 0 Å². The summed E-state index contributed by atoms with van der Waals surface area (Å²) in [4.78, 5) is 10.7. The molecular formula is C11H15NO3. The van der Waals surface area contributed by atoms with Crippen molar-refractivity contribution < 1.29 is 15.0 Å². The fourth-order valence-electron chi connectivity index (χ4n) is 1.17. The number of aliphatic carboxylic acids is 1. The van der Waals surface area contributed by atoms with Crippen molar-refractivity contribution in [2.75, 3.05) is 0 Å². The molecule has 0 fully saturated rings. The molecule has 0 aliphatic rings. The van der Waals surface area contributed by atoms with Crippen LogP contribution in [0.15, 0.2) is 24.3 Å². The number of hydrogen-bond donors (Lipinski definition) is 3. The SMILES string of the molecule is C[C@@](N)(CCc1ccc(O)cc1)C(=O)O. The van der Waals surface area contributed by atoms with Gasteiger partial charge in [0.2, 0.25) is 0 Å². The molecular weight excluding hydrogens is 194 g/mol. The molecule has 4 nitrogen and oxygen atoms in total. The van der Waals surface area contributed by atoms with Crippen LogP contribution in [0.2, 0.25) is 0 Å². The van der Waals surface area contributed by atoms with E-state index in [-0.39, 0.29) is 5.75 Å². The number of nitrogens with two attached hydrogens (primary N) is 1. The van der Waals surface area contributed by atoms with Gasteiger partial charge in [-0.15, -0.1) is 0 Å².